The van der Waals surface area contributed by atoms with E-state index >= 15 is 0 Å². The van der Waals surface area contributed by atoms with Crippen LogP contribution in [0.5, 0.6) is 5.75 Å². The summed E-state index contributed by atoms with van der Waals surface area (Å²) in [7, 11) is 0. The van der Waals surface area contributed by atoms with E-state index in [0.29, 0.717) is 19.6 Å². The Bertz CT molecular complexity index is 654. The number of aryl methyl sites for hydroxylation is 1. The van der Waals surface area contributed by atoms with Crippen LogP contribution in [0, 0.1) is 0 Å². The summed E-state index contributed by atoms with van der Waals surface area (Å²) in [5, 5.41) is 6.38. The Hall–Kier alpha value is -2.82. The van der Waals surface area contributed by atoms with Gasteiger partial charge >= 0.3 is 0 Å². The molecule has 2 aromatic carbocycles. The Morgan fingerprint density at radius 1 is 1.08 bits per heavy atom. The van der Waals surface area contributed by atoms with Crippen molar-refractivity contribution in [2.75, 3.05) is 13.2 Å². The number of nitrogens with zero attached hydrogens (tertiary/aromatic N) is 1. The van der Waals surface area contributed by atoms with E-state index in [9.17, 15) is 4.79 Å². The lowest BCUT2D eigenvalue weighted by Crippen LogP contribution is -2.27. The van der Waals surface area contributed by atoms with Gasteiger partial charge in [0.2, 0.25) is 5.91 Å². The summed E-state index contributed by atoms with van der Waals surface area (Å²) in [5.41, 5.74) is 2.24. The number of hydrazone groups is 1. The maximum Gasteiger partial charge on any atom is 0.220 e. The van der Waals surface area contributed by atoms with Gasteiger partial charge in [0.1, 0.15) is 12.4 Å². The summed E-state index contributed by atoms with van der Waals surface area (Å²) >= 11 is 0. The Morgan fingerprint density at radius 2 is 1.84 bits per heavy atom. The summed E-state index contributed by atoms with van der Waals surface area (Å²) in [6.07, 6.45) is 4.99. The molecule has 1 amide bonds. The molecule has 0 saturated heterocycles. The molecule has 0 unspecified atom stereocenters. The van der Waals surface area contributed by atoms with E-state index in [0.717, 1.165) is 30.6 Å². The van der Waals surface area contributed by atoms with Gasteiger partial charge in [0.05, 0.1) is 12.8 Å². The van der Waals surface area contributed by atoms with Gasteiger partial charge in [-0.15, -0.1) is 0 Å². The predicted octanol–water partition coefficient (Wildman–Crippen LogP) is 2.89. The fourth-order valence-corrected chi connectivity index (χ4v) is 2.44. The summed E-state index contributed by atoms with van der Waals surface area (Å²) in [5.74, 6) is 6.02. The maximum absolute atomic E-state index is 11.8. The molecule has 132 valence electrons. The van der Waals surface area contributed by atoms with Crippen molar-refractivity contribution in [1.82, 2.24) is 5.32 Å². The van der Waals surface area contributed by atoms with Crippen LogP contribution in [0.25, 0.3) is 0 Å². The first kappa shape index (κ1) is 18.5. The highest BCUT2D eigenvalue weighted by Gasteiger charge is 2.01. The number of rotatable bonds is 10. The summed E-state index contributed by atoms with van der Waals surface area (Å²) in [6, 6.07) is 17.7. The Kier molecular flexibility index (Phi) is 8.05. The number of carbonyl (C=O) groups excluding carboxylic acids is 1. The fraction of sp³-hybridized carbons (Fsp3) is 0.300. The number of unbranched alkanes of at least 4 members (excludes halogenated alkanes) is 1. The van der Waals surface area contributed by atoms with Crippen molar-refractivity contribution in [1.29, 1.82) is 0 Å². The highest BCUT2D eigenvalue weighted by Crippen LogP contribution is 2.09. The van der Waals surface area contributed by atoms with Gasteiger partial charge in [0, 0.05) is 6.42 Å². The van der Waals surface area contributed by atoms with Crippen molar-refractivity contribution in [2.45, 2.75) is 25.7 Å². The minimum Gasteiger partial charge on any atom is -0.492 e. The summed E-state index contributed by atoms with van der Waals surface area (Å²) in [4.78, 5) is 11.8. The largest absolute Gasteiger partial charge is 0.492 e. The van der Waals surface area contributed by atoms with Crippen LogP contribution in [-0.2, 0) is 11.2 Å². The molecule has 5 nitrogen and oxygen atoms in total. The number of nitrogens with one attached hydrogen (secondary N) is 1. The van der Waals surface area contributed by atoms with Crippen LogP contribution in [0.15, 0.2) is 59.7 Å². The van der Waals surface area contributed by atoms with Crippen LogP contribution >= 0.6 is 0 Å². The van der Waals surface area contributed by atoms with Gasteiger partial charge in [-0.1, -0.05) is 42.5 Å². The summed E-state index contributed by atoms with van der Waals surface area (Å²) in [6.45, 7) is 1.01. The first-order valence-electron chi connectivity index (χ1n) is 8.54. The Balaban J connectivity index is 1.53. The molecule has 0 aliphatic heterocycles. The third-order valence-corrected chi connectivity index (χ3v) is 3.76. The van der Waals surface area contributed by atoms with E-state index in [4.69, 9.17) is 10.6 Å². The molecule has 5 heteroatoms. The van der Waals surface area contributed by atoms with Crippen LogP contribution in [0.2, 0.25) is 0 Å². The van der Waals surface area contributed by atoms with Gasteiger partial charge in [-0.05, 0) is 42.5 Å². The molecule has 0 atom stereocenters. The second-order valence-corrected chi connectivity index (χ2v) is 5.74. The van der Waals surface area contributed by atoms with Crippen LogP contribution in [0.3, 0.4) is 0 Å². The molecule has 2 rings (SSSR count). The zero-order valence-electron chi connectivity index (χ0n) is 14.4. The lowest BCUT2D eigenvalue weighted by atomic mass is 10.1. The molecule has 0 aromatic heterocycles. The monoisotopic (exact) mass is 339 g/mol. The number of benzene rings is 2. The van der Waals surface area contributed by atoms with Crippen molar-refractivity contribution < 1.29 is 9.53 Å². The Morgan fingerprint density at radius 3 is 2.56 bits per heavy atom. The van der Waals surface area contributed by atoms with E-state index in [1.54, 1.807) is 6.21 Å². The second kappa shape index (κ2) is 10.9. The van der Waals surface area contributed by atoms with Gasteiger partial charge in [0.15, 0.2) is 0 Å². The van der Waals surface area contributed by atoms with E-state index in [-0.39, 0.29) is 5.91 Å². The molecule has 0 aliphatic rings. The summed E-state index contributed by atoms with van der Waals surface area (Å²) < 4.78 is 5.54. The van der Waals surface area contributed by atoms with Gasteiger partial charge in [-0.25, -0.2) is 0 Å². The molecular weight excluding hydrogens is 314 g/mol. The van der Waals surface area contributed by atoms with Crippen LogP contribution < -0.4 is 15.9 Å². The first-order valence-corrected chi connectivity index (χ1v) is 8.54. The highest BCUT2D eigenvalue weighted by atomic mass is 16.5. The number of carbonyl (C=O) groups is 1. The first-order chi connectivity index (χ1) is 12.3. The molecule has 3 N–H and O–H groups in total. The van der Waals surface area contributed by atoms with E-state index in [2.05, 4.69) is 22.6 Å². The topological polar surface area (TPSA) is 76.7 Å². The third kappa shape index (κ3) is 7.52. The molecule has 0 bridgehead atoms. The van der Waals surface area contributed by atoms with Crippen molar-refractivity contribution in [2.24, 2.45) is 10.9 Å². The second-order valence-electron chi connectivity index (χ2n) is 5.74. The molecule has 2 aromatic rings. The molecule has 0 radical (unpaired) electrons. The molecular formula is C20H25N3O2. The van der Waals surface area contributed by atoms with Crippen molar-refractivity contribution in [3.8, 4) is 5.75 Å². The molecule has 0 fully saturated rings. The van der Waals surface area contributed by atoms with E-state index in [1.807, 2.05) is 42.5 Å². The SMILES string of the molecule is NN=Cc1ccc(CCCCC(=O)NCCOc2ccccc2)cc1. The lowest BCUT2D eigenvalue weighted by Gasteiger charge is -2.07. The van der Waals surface area contributed by atoms with Crippen molar-refractivity contribution in [3.63, 3.8) is 0 Å². The van der Waals surface area contributed by atoms with Crippen molar-refractivity contribution >= 4 is 12.1 Å². The maximum atomic E-state index is 11.8. The number of hydrogen-bond acceptors (Lipinski definition) is 4. The van der Waals surface area contributed by atoms with Crippen LogP contribution in [0.4, 0.5) is 0 Å². The van der Waals surface area contributed by atoms with Gasteiger partial charge in [0.25, 0.3) is 0 Å². The van der Waals surface area contributed by atoms with Crippen LogP contribution in [-0.4, -0.2) is 25.3 Å². The predicted molar refractivity (Wildman–Crippen MR) is 101 cm³/mol. The van der Waals surface area contributed by atoms with Gasteiger partial charge in [-0.2, -0.15) is 5.10 Å². The van der Waals surface area contributed by atoms with Gasteiger partial charge < -0.3 is 15.9 Å². The molecule has 25 heavy (non-hydrogen) atoms. The molecule has 0 spiro atoms. The zero-order chi connectivity index (χ0) is 17.7. The fourth-order valence-electron chi connectivity index (χ4n) is 2.44. The molecule has 0 heterocycles. The molecule has 0 aliphatic carbocycles. The molecule has 0 saturated carbocycles. The average molecular weight is 339 g/mol. The van der Waals surface area contributed by atoms with E-state index < -0.39 is 0 Å². The number of para-hydroxylation sites is 1. The Labute approximate surface area is 148 Å². The smallest absolute Gasteiger partial charge is 0.220 e. The number of hydrogen-bond donors (Lipinski definition) is 2. The lowest BCUT2D eigenvalue weighted by molar-refractivity contribution is -0.121. The number of nitrogens with two attached hydrogens (primary N) is 1. The van der Waals surface area contributed by atoms with Crippen molar-refractivity contribution in [3.05, 3.63) is 65.7 Å². The third-order valence-electron chi connectivity index (χ3n) is 3.76. The minimum absolute atomic E-state index is 0.0752. The normalized spacial score (nSPS) is 10.7. The average Bonchev–Trinajstić information content (AvgIpc) is 2.65. The highest BCUT2D eigenvalue weighted by molar-refractivity contribution is 5.79. The minimum atomic E-state index is 0.0752. The number of ether oxygens (including phenoxy) is 1. The standard InChI is InChI=1S/C20H25N3O2/c21-23-16-18-12-10-17(11-13-18)6-4-5-9-20(24)22-14-15-25-19-7-2-1-3-8-19/h1-3,7-8,10-13,16H,4-6,9,14-15,21H2,(H,22,24). The quantitative estimate of drug-likeness (QED) is 0.302. The number of amides is 1. The van der Waals surface area contributed by atoms with Crippen LogP contribution in [0.1, 0.15) is 30.4 Å². The van der Waals surface area contributed by atoms with E-state index in [1.165, 1.54) is 5.56 Å². The zero-order valence-corrected chi connectivity index (χ0v) is 14.4. The van der Waals surface area contributed by atoms with Gasteiger partial charge in [-0.3, -0.25) is 4.79 Å².